The Morgan fingerprint density at radius 2 is 1.97 bits per heavy atom. The van der Waals surface area contributed by atoms with Crippen molar-refractivity contribution in [3.63, 3.8) is 0 Å². The molecule has 1 aromatic heterocycles. The highest BCUT2D eigenvalue weighted by Gasteiger charge is 2.26. The molecule has 0 spiro atoms. The van der Waals surface area contributed by atoms with E-state index >= 15 is 0 Å². The highest BCUT2D eigenvalue weighted by molar-refractivity contribution is 8.00. The summed E-state index contributed by atoms with van der Waals surface area (Å²) in [6.45, 7) is 3.34. The molecule has 0 unspecified atom stereocenters. The van der Waals surface area contributed by atoms with E-state index in [9.17, 15) is 4.79 Å². The summed E-state index contributed by atoms with van der Waals surface area (Å²) < 4.78 is 7.92. The second-order valence-corrected chi connectivity index (χ2v) is 9.30. The first-order valence-electron chi connectivity index (χ1n) is 10.3. The fraction of sp³-hybridized carbons (Fsp3) is 0.348. The second kappa shape index (κ2) is 9.85. The van der Waals surface area contributed by atoms with E-state index < -0.39 is 0 Å². The summed E-state index contributed by atoms with van der Waals surface area (Å²) in [6.07, 6.45) is 2.19. The molecule has 2 aromatic carbocycles. The molecule has 0 bridgehead atoms. The number of rotatable bonds is 7. The Labute approximate surface area is 191 Å². The number of ether oxygens (including phenoxy) is 1. The van der Waals surface area contributed by atoms with Gasteiger partial charge in [-0.2, -0.15) is 0 Å². The molecule has 0 saturated carbocycles. The molecule has 3 aromatic rings. The SMILES string of the molecule is C[C@@H](Sc1nnc(-c2ccc(Cl)cc2)n1C[C@H]1CCCO1)C(=O)N(C)c1ccccc1. The van der Waals surface area contributed by atoms with Gasteiger partial charge in [0.2, 0.25) is 5.91 Å². The molecular weight excluding hydrogens is 432 g/mol. The summed E-state index contributed by atoms with van der Waals surface area (Å²) in [5.74, 6) is 0.765. The zero-order valence-corrected chi connectivity index (χ0v) is 19.1. The first-order chi connectivity index (χ1) is 15.0. The minimum absolute atomic E-state index is 0.0101. The Morgan fingerprint density at radius 1 is 1.23 bits per heavy atom. The Balaban J connectivity index is 1.58. The van der Waals surface area contributed by atoms with Gasteiger partial charge in [0.05, 0.1) is 17.9 Å². The highest BCUT2D eigenvalue weighted by atomic mass is 35.5. The number of para-hydroxylation sites is 1. The maximum absolute atomic E-state index is 13.0. The van der Waals surface area contributed by atoms with Gasteiger partial charge in [0.1, 0.15) is 0 Å². The van der Waals surface area contributed by atoms with Gasteiger partial charge in [-0.1, -0.05) is 41.6 Å². The molecule has 6 nitrogen and oxygen atoms in total. The number of thioether (sulfide) groups is 1. The Bertz CT molecular complexity index is 1020. The van der Waals surface area contributed by atoms with Gasteiger partial charge in [-0.15, -0.1) is 10.2 Å². The van der Waals surface area contributed by atoms with Gasteiger partial charge in [0, 0.05) is 29.9 Å². The van der Waals surface area contributed by atoms with E-state index in [2.05, 4.69) is 14.8 Å². The van der Waals surface area contributed by atoms with Crippen molar-refractivity contribution in [3.8, 4) is 11.4 Å². The van der Waals surface area contributed by atoms with E-state index in [0.717, 1.165) is 36.5 Å². The summed E-state index contributed by atoms with van der Waals surface area (Å²) in [4.78, 5) is 14.7. The fourth-order valence-electron chi connectivity index (χ4n) is 3.61. The molecule has 0 N–H and O–H groups in total. The van der Waals surface area contributed by atoms with E-state index in [-0.39, 0.29) is 17.3 Å². The van der Waals surface area contributed by atoms with Crippen LogP contribution >= 0.6 is 23.4 Å². The smallest absolute Gasteiger partial charge is 0.240 e. The largest absolute Gasteiger partial charge is 0.376 e. The molecule has 1 aliphatic rings. The van der Waals surface area contributed by atoms with Crippen LogP contribution in [0.25, 0.3) is 11.4 Å². The average molecular weight is 457 g/mol. The first kappa shape index (κ1) is 21.9. The second-order valence-electron chi connectivity index (χ2n) is 7.55. The number of carbonyl (C=O) groups excluding carboxylic acids is 1. The number of benzene rings is 2. The van der Waals surface area contributed by atoms with Crippen molar-refractivity contribution < 1.29 is 9.53 Å². The number of hydrogen-bond acceptors (Lipinski definition) is 5. The van der Waals surface area contributed by atoms with Crippen LogP contribution in [0.2, 0.25) is 5.02 Å². The van der Waals surface area contributed by atoms with Gasteiger partial charge in [0.25, 0.3) is 0 Å². The standard InChI is InChI=1S/C23H25ClN4O2S/c1-16(22(29)27(2)19-7-4-3-5-8-19)31-23-26-25-21(17-10-12-18(24)13-11-17)28(23)15-20-9-6-14-30-20/h3-5,7-8,10-13,16,20H,6,9,14-15H2,1-2H3/t16-,20-/m1/s1. The normalized spacial score (nSPS) is 16.9. The number of carbonyl (C=O) groups is 1. The van der Waals surface area contributed by atoms with Crippen molar-refractivity contribution >= 4 is 35.0 Å². The number of hydrogen-bond donors (Lipinski definition) is 0. The van der Waals surface area contributed by atoms with Crippen molar-refractivity contribution in [3.05, 3.63) is 59.6 Å². The number of halogens is 1. The van der Waals surface area contributed by atoms with E-state index in [1.807, 2.05) is 61.5 Å². The Hall–Kier alpha value is -2.35. The summed E-state index contributed by atoms with van der Waals surface area (Å²) in [5, 5.41) is 9.93. The fourth-order valence-corrected chi connectivity index (χ4v) is 4.68. The molecule has 31 heavy (non-hydrogen) atoms. The maximum Gasteiger partial charge on any atom is 0.240 e. The third kappa shape index (κ3) is 5.11. The summed E-state index contributed by atoms with van der Waals surface area (Å²) >= 11 is 7.48. The number of anilines is 1. The number of amides is 1. The van der Waals surface area contributed by atoms with Crippen molar-refractivity contribution in [1.82, 2.24) is 14.8 Å². The third-order valence-corrected chi connectivity index (χ3v) is 6.65. The lowest BCUT2D eigenvalue weighted by Crippen LogP contribution is -2.33. The van der Waals surface area contributed by atoms with Crippen molar-refractivity contribution in [2.24, 2.45) is 0 Å². The van der Waals surface area contributed by atoms with Gasteiger partial charge in [-0.25, -0.2) is 0 Å². The lowest BCUT2D eigenvalue weighted by Gasteiger charge is -2.21. The third-order valence-electron chi connectivity index (χ3n) is 5.33. The molecule has 0 radical (unpaired) electrons. The van der Waals surface area contributed by atoms with Crippen LogP contribution in [0.15, 0.2) is 59.8 Å². The minimum Gasteiger partial charge on any atom is -0.376 e. The van der Waals surface area contributed by atoms with Crippen LogP contribution in [-0.2, 0) is 16.1 Å². The van der Waals surface area contributed by atoms with Crippen molar-refractivity contribution in [2.75, 3.05) is 18.6 Å². The summed E-state index contributed by atoms with van der Waals surface area (Å²) in [6, 6.07) is 17.2. The molecule has 1 saturated heterocycles. The lowest BCUT2D eigenvalue weighted by molar-refractivity contribution is -0.117. The van der Waals surface area contributed by atoms with E-state index in [1.54, 1.807) is 11.9 Å². The van der Waals surface area contributed by atoms with Crippen LogP contribution in [0.3, 0.4) is 0 Å². The molecule has 1 fully saturated rings. The molecule has 8 heteroatoms. The van der Waals surface area contributed by atoms with Crippen LogP contribution in [0.1, 0.15) is 19.8 Å². The van der Waals surface area contributed by atoms with Crippen molar-refractivity contribution in [1.29, 1.82) is 0 Å². The van der Waals surface area contributed by atoms with Crippen LogP contribution < -0.4 is 4.90 Å². The van der Waals surface area contributed by atoms with Gasteiger partial charge in [0.15, 0.2) is 11.0 Å². The van der Waals surface area contributed by atoms with Gasteiger partial charge in [-0.3, -0.25) is 9.36 Å². The van der Waals surface area contributed by atoms with Gasteiger partial charge in [-0.05, 0) is 56.2 Å². The van der Waals surface area contributed by atoms with Crippen LogP contribution in [0, 0.1) is 0 Å². The molecule has 1 amide bonds. The highest BCUT2D eigenvalue weighted by Crippen LogP contribution is 2.30. The van der Waals surface area contributed by atoms with E-state index in [4.69, 9.17) is 16.3 Å². The molecule has 2 atom stereocenters. The Kier molecular flexibility index (Phi) is 6.95. The van der Waals surface area contributed by atoms with Crippen LogP contribution in [0.5, 0.6) is 0 Å². The molecule has 0 aliphatic carbocycles. The number of nitrogens with zero attached hydrogens (tertiary/aromatic N) is 4. The predicted molar refractivity (Wildman–Crippen MR) is 125 cm³/mol. The monoisotopic (exact) mass is 456 g/mol. The topological polar surface area (TPSA) is 60.2 Å². The quantitative estimate of drug-likeness (QED) is 0.472. The minimum atomic E-state index is -0.323. The van der Waals surface area contributed by atoms with Gasteiger partial charge >= 0.3 is 0 Å². The Morgan fingerprint density at radius 3 is 2.65 bits per heavy atom. The number of aromatic nitrogens is 3. The average Bonchev–Trinajstić information content (AvgIpc) is 3.45. The molecular formula is C23H25ClN4O2S. The molecule has 4 rings (SSSR count). The van der Waals surface area contributed by atoms with E-state index in [1.165, 1.54) is 11.8 Å². The zero-order valence-electron chi connectivity index (χ0n) is 17.6. The molecule has 162 valence electrons. The van der Waals surface area contributed by atoms with E-state index in [0.29, 0.717) is 16.7 Å². The summed E-state index contributed by atoms with van der Waals surface area (Å²) in [5.41, 5.74) is 1.80. The maximum atomic E-state index is 13.0. The molecule has 2 heterocycles. The lowest BCUT2D eigenvalue weighted by atomic mass is 10.2. The van der Waals surface area contributed by atoms with Crippen molar-refractivity contribution in [2.45, 2.75) is 42.8 Å². The zero-order chi connectivity index (χ0) is 21.8. The van der Waals surface area contributed by atoms with Crippen LogP contribution in [-0.4, -0.2) is 45.7 Å². The van der Waals surface area contributed by atoms with Gasteiger partial charge < -0.3 is 9.64 Å². The summed E-state index contributed by atoms with van der Waals surface area (Å²) in [7, 11) is 1.80. The first-order valence-corrected chi connectivity index (χ1v) is 11.6. The van der Waals surface area contributed by atoms with Crippen LogP contribution in [0.4, 0.5) is 5.69 Å². The predicted octanol–water partition coefficient (Wildman–Crippen LogP) is 4.92. The molecule has 1 aliphatic heterocycles.